The highest BCUT2D eigenvalue weighted by molar-refractivity contribution is 14.0. The van der Waals surface area contributed by atoms with E-state index in [4.69, 9.17) is 4.74 Å². The van der Waals surface area contributed by atoms with Crippen LogP contribution in [-0.2, 0) is 6.54 Å². The van der Waals surface area contributed by atoms with Crippen molar-refractivity contribution in [2.45, 2.75) is 46.4 Å². The average Bonchev–Trinajstić information content (AvgIpc) is 2.68. The Morgan fingerprint density at radius 2 is 1.77 bits per heavy atom. The molecule has 0 spiro atoms. The quantitative estimate of drug-likeness (QED) is 0.229. The Morgan fingerprint density at radius 1 is 1.06 bits per heavy atom. The third-order valence-electron chi connectivity index (χ3n) is 4.20. The van der Waals surface area contributed by atoms with Gasteiger partial charge in [0.05, 0.1) is 6.54 Å². The van der Waals surface area contributed by atoms with E-state index in [1.807, 2.05) is 76.2 Å². The summed E-state index contributed by atoms with van der Waals surface area (Å²) in [6.45, 7) is 9.15. The number of aryl methyl sites for hydroxylation is 1. The molecule has 4 N–H and O–H groups in total. The molecule has 8 heteroatoms. The van der Waals surface area contributed by atoms with Gasteiger partial charge in [-0.05, 0) is 63.1 Å². The van der Waals surface area contributed by atoms with E-state index < -0.39 is 0 Å². The lowest BCUT2D eigenvalue weighted by atomic mass is 10.2. The summed E-state index contributed by atoms with van der Waals surface area (Å²) in [7, 11) is 1.74. The van der Waals surface area contributed by atoms with Crippen LogP contribution in [0.1, 0.15) is 31.9 Å². The van der Waals surface area contributed by atoms with Crippen LogP contribution in [0.5, 0.6) is 5.75 Å². The molecule has 0 aliphatic heterocycles. The minimum Gasteiger partial charge on any atom is -0.489 e. The van der Waals surface area contributed by atoms with Gasteiger partial charge < -0.3 is 26.0 Å². The Kier molecular flexibility index (Phi) is 11.8. The molecule has 0 aliphatic carbocycles. The predicted octanol–water partition coefficient (Wildman–Crippen LogP) is 4.28. The van der Waals surface area contributed by atoms with Crippen molar-refractivity contribution in [3.8, 4) is 5.75 Å². The van der Waals surface area contributed by atoms with Crippen LogP contribution >= 0.6 is 24.0 Å². The number of carbonyl (C=O) groups is 1. The van der Waals surface area contributed by atoms with E-state index in [1.54, 1.807) is 7.05 Å². The minimum atomic E-state index is -0.206. The number of rotatable bonds is 8. The van der Waals surface area contributed by atoms with Crippen LogP contribution < -0.4 is 26.0 Å². The van der Waals surface area contributed by atoms with Crippen LogP contribution in [0.25, 0.3) is 0 Å². The van der Waals surface area contributed by atoms with E-state index >= 15 is 0 Å². The van der Waals surface area contributed by atoms with Gasteiger partial charge in [-0.25, -0.2) is 4.79 Å². The molecular formula is C23H34IN5O2. The molecular weight excluding hydrogens is 505 g/mol. The summed E-state index contributed by atoms with van der Waals surface area (Å²) >= 11 is 0. The number of halogens is 1. The van der Waals surface area contributed by atoms with E-state index in [-0.39, 0.29) is 42.2 Å². The number of amides is 2. The van der Waals surface area contributed by atoms with Crippen molar-refractivity contribution in [3.63, 3.8) is 0 Å². The molecule has 0 saturated carbocycles. The molecule has 1 atom stereocenters. The molecule has 2 amide bonds. The summed E-state index contributed by atoms with van der Waals surface area (Å²) < 4.78 is 5.94. The molecule has 2 rings (SSSR count). The maximum atomic E-state index is 11.8. The van der Waals surface area contributed by atoms with Crippen molar-refractivity contribution in [1.29, 1.82) is 0 Å². The summed E-state index contributed by atoms with van der Waals surface area (Å²) in [5.41, 5.74) is 3.00. The Labute approximate surface area is 202 Å². The molecule has 0 saturated heterocycles. The van der Waals surface area contributed by atoms with Crippen molar-refractivity contribution >= 4 is 41.7 Å². The summed E-state index contributed by atoms with van der Waals surface area (Å²) in [6.07, 6.45) is -0.00677. The van der Waals surface area contributed by atoms with Gasteiger partial charge >= 0.3 is 6.03 Å². The first-order chi connectivity index (χ1) is 14.4. The first kappa shape index (κ1) is 26.5. The predicted molar refractivity (Wildman–Crippen MR) is 139 cm³/mol. The van der Waals surface area contributed by atoms with E-state index in [0.29, 0.717) is 19.0 Å². The summed E-state index contributed by atoms with van der Waals surface area (Å²) in [6, 6.07) is 15.6. The molecule has 170 valence electrons. The Balaban J connectivity index is 0.00000480. The lowest BCUT2D eigenvalue weighted by molar-refractivity contribution is 0.223. The van der Waals surface area contributed by atoms with Gasteiger partial charge in [-0.1, -0.05) is 24.3 Å². The number of benzene rings is 2. The Hall–Kier alpha value is -2.49. The van der Waals surface area contributed by atoms with E-state index in [9.17, 15) is 4.79 Å². The second-order valence-electron chi connectivity index (χ2n) is 7.50. The number of hydrogen-bond acceptors (Lipinski definition) is 3. The number of carbonyl (C=O) groups excluding carboxylic acids is 1. The molecule has 0 radical (unpaired) electrons. The van der Waals surface area contributed by atoms with Crippen LogP contribution in [0.4, 0.5) is 10.5 Å². The summed E-state index contributed by atoms with van der Waals surface area (Å²) in [5, 5.41) is 12.2. The van der Waals surface area contributed by atoms with Gasteiger partial charge in [0.2, 0.25) is 0 Å². The van der Waals surface area contributed by atoms with Gasteiger partial charge in [0.15, 0.2) is 5.96 Å². The summed E-state index contributed by atoms with van der Waals surface area (Å²) in [5.74, 6) is 1.57. The fourth-order valence-corrected chi connectivity index (χ4v) is 2.74. The highest BCUT2D eigenvalue weighted by Crippen LogP contribution is 2.14. The number of anilines is 1. The number of hydrogen-bond donors (Lipinski definition) is 4. The van der Waals surface area contributed by atoms with Crippen molar-refractivity contribution in [1.82, 2.24) is 16.0 Å². The largest absolute Gasteiger partial charge is 0.489 e. The van der Waals surface area contributed by atoms with E-state index in [1.165, 1.54) is 5.56 Å². The first-order valence-corrected chi connectivity index (χ1v) is 10.2. The van der Waals surface area contributed by atoms with Gasteiger partial charge in [0, 0.05) is 25.3 Å². The fourth-order valence-electron chi connectivity index (χ4n) is 2.74. The lowest BCUT2D eigenvalue weighted by Gasteiger charge is -2.18. The SMILES string of the molecule is CN=C(NCc1ccc(NC(=O)NC(C)C)cc1)NCC(C)Oc1cccc(C)c1.I. The van der Waals surface area contributed by atoms with Gasteiger partial charge in [0.1, 0.15) is 11.9 Å². The van der Waals surface area contributed by atoms with Crippen molar-refractivity contribution in [2.24, 2.45) is 4.99 Å². The monoisotopic (exact) mass is 539 g/mol. The molecule has 31 heavy (non-hydrogen) atoms. The molecule has 0 heterocycles. The zero-order valence-electron chi connectivity index (χ0n) is 18.9. The molecule has 1 unspecified atom stereocenters. The van der Waals surface area contributed by atoms with Gasteiger partial charge in [0.25, 0.3) is 0 Å². The van der Waals surface area contributed by atoms with E-state index in [2.05, 4.69) is 26.3 Å². The van der Waals surface area contributed by atoms with Crippen LogP contribution in [0.15, 0.2) is 53.5 Å². The third-order valence-corrected chi connectivity index (χ3v) is 4.20. The number of urea groups is 1. The smallest absolute Gasteiger partial charge is 0.319 e. The van der Waals surface area contributed by atoms with Crippen molar-refractivity contribution < 1.29 is 9.53 Å². The average molecular weight is 539 g/mol. The molecule has 0 aliphatic rings. The molecule has 2 aromatic rings. The number of aliphatic imine (C=N–C) groups is 1. The lowest BCUT2D eigenvalue weighted by Crippen LogP contribution is -2.41. The minimum absolute atomic E-state index is 0. The highest BCUT2D eigenvalue weighted by Gasteiger charge is 2.07. The third kappa shape index (κ3) is 10.4. The summed E-state index contributed by atoms with van der Waals surface area (Å²) in [4.78, 5) is 16.0. The topological polar surface area (TPSA) is 86.8 Å². The van der Waals surface area contributed by atoms with Crippen molar-refractivity contribution in [3.05, 3.63) is 59.7 Å². The maximum Gasteiger partial charge on any atom is 0.319 e. The highest BCUT2D eigenvalue weighted by atomic mass is 127. The molecule has 0 bridgehead atoms. The molecule has 7 nitrogen and oxygen atoms in total. The number of ether oxygens (including phenoxy) is 1. The number of guanidine groups is 1. The molecule has 0 aromatic heterocycles. The number of nitrogens with one attached hydrogen (secondary N) is 4. The molecule has 2 aromatic carbocycles. The van der Waals surface area contributed by atoms with Gasteiger partial charge in [-0.15, -0.1) is 24.0 Å². The molecule has 0 fully saturated rings. The van der Waals surface area contributed by atoms with Crippen LogP contribution in [0.2, 0.25) is 0 Å². The van der Waals surface area contributed by atoms with E-state index in [0.717, 1.165) is 17.0 Å². The standard InChI is InChI=1S/C23H33N5O2.HI/c1-16(2)27-23(29)28-20-11-9-19(10-12-20)15-26-22(24-5)25-14-18(4)30-21-8-6-7-17(3)13-21;/h6-13,16,18H,14-15H2,1-5H3,(H2,24,25,26)(H2,27,28,29);1H. The maximum absolute atomic E-state index is 11.8. The second kappa shape index (κ2) is 13.7. The first-order valence-electron chi connectivity index (χ1n) is 10.2. The normalized spacial score (nSPS) is 11.9. The van der Waals surface area contributed by atoms with Crippen LogP contribution in [0.3, 0.4) is 0 Å². The second-order valence-corrected chi connectivity index (χ2v) is 7.50. The van der Waals surface area contributed by atoms with Crippen molar-refractivity contribution in [2.75, 3.05) is 18.9 Å². The van der Waals surface area contributed by atoms with Crippen LogP contribution in [0, 0.1) is 6.92 Å². The Bertz CT molecular complexity index is 840. The van der Waals surface area contributed by atoms with Gasteiger partial charge in [-0.2, -0.15) is 0 Å². The fraction of sp³-hybridized carbons (Fsp3) is 0.391. The number of nitrogens with zero attached hydrogens (tertiary/aromatic N) is 1. The van der Waals surface area contributed by atoms with Crippen LogP contribution in [-0.4, -0.2) is 37.7 Å². The zero-order chi connectivity index (χ0) is 21.9. The zero-order valence-corrected chi connectivity index (χ0v) is 21.2. The van der Waals surface area contributed by atoms with Gasteiger partial charge in [-0.3, -0.25) is 4.99 Å². The Morgan fingerprint density at radius 3 is 2.39 bits per heavy atom.